The number of hydrogen-bond acceptors (Lipinski definition) is 4. The standard InChI is InChI=1S/C14H17N3O/c1-2-6-11(7-3-1)10-13-16-14(17-18-13)12-8-4-5-9-15-12/h1-3,6-7,12,15H,4-5,8-10H2/t12-/m0/s1. The lowest BCUT2D eigenvalue weighted by molar-refractivity contribution is 0.351. The summed E-state index contributed by atoms with van der Waals surface area (Å²) in [6, 6.07) is 10.5. The molecule has 0 unspecified atom stereocenters. The molecule has 1 fully saturated rings. The number of nitrogens with one attached hydrogen (secondary N) is 1. The molecule has 1 aliphatic rings. The van der Waals surface area contributed by atoms with E-state index in [1.54, 1.807) is 0 Å². The van der Waals surface area contributed by atoms with Crippen molar-refractivity contribution in [1.29, 1.82) is 0 Å². The number of hydrogen-bond donors (Lipinski definition) is 1. The Balaban J connectivity index is 1.69. The smallest absolute Gasteiger partial charge is 0.231 e. The fraction of sp³-hybridized carbons (Fsp3) is 0.429. The molecular formula is C14H17N3O. The van der Waals surface area contributed by atoms with Crippen molar-refractivity contribution in [2.75, 3.05) is 6.54 Å². The van der Waals surface area contributed by atoms with Gasteiger partial charge in [-0.15, -0.1) is 0 Å². The van der Waals surface area contributed by atoms with Crippen LogP contribution in [0.1, 0.15) is 42.6 Å². The molecule has 1 aromatic heterocycles. The van der Waals surface area contributed by atoms with Gasteiger partial charge in [0.25, 0.3) is 0 Å². The zero-order valence-corrected chi connectivity index (χ0v) is 10.3. The van der Waals surface area contributed by atoms with Crippen LogP contribution in [0, 0.1) is 0 Å². The number of aromatic nitrogens is 2. The maximum absolute atomic E-state index is 5.32. The Kier molecular flexibility index (Phi) is 3.37. The van der Waals surface area contributed by atoms with Gasteiger partial charge in [0, 0.05) is 0 Å². The highest BCUT2D eigenvalue weighted by molar-refractivity contribution is 5.18. The van der Waals surface area contributed by atoms with Gasteiger partial charge in [0.1, 0.15) is 0 Å². The van der Waals surface area contributed by atoms with Crippen LogP contribution < -0.4 is 5.32 Å². The lowest BCUT2D eigenvalue weighted by atomic mass is 10.0. The Morgan fingerprint density at radius 2 is 2.11 bits per heavy atom. The van der Waals surface area contributed by atoms with E-state index in [1.807, 2.05) is 18.2 Å². The Morgan fingerprint density at radius 1 is 1.22 bits per heavy atom. The van der Waals surface area contributed by atoms with Gasteiger partial charge in [-0.2, -0.15) is 4.98 Å². The molecule has 0 amide bonds. The molecule has 1 atom stereocenters. The van der Waals surface area contributed by atoms with Gasteiger partial charge in [0.05, 0.1) is 12.5 Å². The van der Waals surface area contributed by atoms with E-state index in [9.17, 15) is 0 Å². The zero-order chi connectivity index (χ0) is 12.2. The van der Waals surface area contributed by atoms with Gasteiger partial charge >= 0.3 is 0 Å². The summed E-state index contributed by atoms with van der Waals surface area (Å²) in [5.41, 5.74) is 1.20. The highest BCUT2D eigenvalue weighted by atomic mass is 16.5. The van der Waals surface area contributed by atoms with Crippen molar-refractivity contribution in [3.8, 4) is 0 Å². The quantitative estimate of drug-likeness (QED) is 0.899. The molecule has 4 nitrogen and oxygen atoms in total. The minimum Gasteiger partial charge on any atom is -0.339 e. The van der Waals surface area contributed by atoms with E-state index in [-0.39, 0.29) is 6.04 Å². The molecule has 3 rings (SSSR count). The third-order valence-electron chi connectivity index (χ3n) is 3.30. The molecule has 1 N–H and O–H groups in total. The van der Waals surface area contributed by atoms with Gasteiger partial charge in [0.15, 0.2) is 5.82 Å². The van der Waals surface area contributed by atoms with Crippen LogP contribution in [0.5, 0.6) is 0 Å². The van der Waals surface area contributed by atoms with Crippen LogP contribution in [0.3, 0.4) is 0 Å². The summed E-state index contributed by atoms with van der Waals surface area (Å²) in [6.07, 6.45) is 4.29. The summed E-state index contributed by atoms with van der Waals surface area (Å²) >= 11 is 0. The molecular weight excluding hydrogens is 226 g/mol. The fourth-order valence-corrected chi connectivity index (χ4v) is 2.32. The molecule has 0 saturated carbocycles. The summed E-state index contributed by atoms with van der Waals surface area (Å²) < 4.78 is 5.32. The molecule has 1 saturated heterocycles. The molecule has 0 bridgehead atoms. The number of piperidine rings is 1. The van der Waals surface area contributed by atoms with Crippen LogP contribution >= 0.6 is 0 Å². The van der Waals surface area contributed by atoms with Gasteiger partial charge in [-0.1, -0.05) is 41.9 Å². The van der Waals surface area contributed by atoms with Crippen LogP contribution in [-0.2, 0) is 6.42 Å². The first-order valence-electron chi connectivity index (χ1n) is 6.51. The molecule has 94 valence electrons. The van der Waals surface area contributed by atoms with Gasteiger partial charge in [-0.25, -0.2) is 0 Å². The van der Waals surface area contributed by atoms with Crippen molar-refractivity contribution in [2.24, 2.45) is 0 Å². The summed E-state index contributed by atoms with van der Waals surface area (Å²) in [4.78, 5) is 4.49. The fourth-order valence-electron chi connectivity index (χ4n) is 2.32. The minimum atomic E-state index is 0.270. The zero-order valence-electron chi connectivity index (χ0n) is 10.3. The van der Waals surface area contributed by atoms with Crippen molar-refractivity contribution in [2.45, 2.75) is 31.7 Å². The van der Waals surface area contributed by atoms with Gasteiger partial charge < -0.3 is 9.84 Å². The Labute approximate surface area is 106 Å². The molecule has 4 heteroatoms. The second-order valence-corrected chi connectivity index (χ2v) is 4.71. The summed E-state index contributed by atoms with van der Waals surface area (Å²) in [5.74, 6) is 1.50. The number of nitrogens with zero attached hydrogens (tertiary/aromatic N) is 2. The Hall–Kier alpha value is -1.68. The second-order valence-electron chi connectivity index (χ2n) is 4.71. The molecule has 0 spiro atoms. The average molecular weight is 243 g/mol. The van der Waals surface area contributed by atoms with Crippen LogP contribution in [0.15, 0.2) is 34.9 Å². The van der Waals surface area contributed by atoms with Crippen molar-refractivity contribution < 1.29 is 4.52 Å². The third kappa shape index (κ3) is 2.59. The first-order chi connectivity index (χ1) is 8.92. The van der Waals surface area contributed by atoms with E-state index >= 15 is 0 Å². The maximum atomic E-state index is 5.32. The molecule has 2 aromatic rings. The maximum Gasteiger partial charge on any atom is 0.231 e. The van der Waals surface area contributed by atoms with Crippen LogP contribution in [0.2, 0.25) is 0 Å². The van der Waals surface area contributed by atoms with Crippen LogP contribution in [-0.4, -0.2) is 16.7 Å². The lowest BCUT2D eigenvalue weighted by Gasteiger charge is -2.19. The van der Waals surface area contributed by atoms with Crippen molar-refractivity contribution >= 4 is 0 Å². The van der Waals surface area contributed by atoms with E-state index in [1.165, 1.54) is 18.4 Å². The first kappa shape index (κ1) is 11.4. The molecule has 0 aliphatic carbocycles. The Morgan fingerprint density at radius 3 is 2.89 bits per heavy atom. The van der Waals surface area contributed by atoms with Crippen molar-refractivity contribution in [3.63, 3.8) is 0 Å². The van der Waals surface area contributed by atoms with E-state index < -0.39 is 0 Å². The van der Waals surface area contributed by atoms with Crippen molar-refractivity contribution in [3.05, 3.63) is 47.6 Å². The topological polar surface area (TPSA) is 51.0 Å². The van der Waals surface area contributed by atoms with Crippen molar-refractivity contribution in [1.82, 2.24) is 15.5 Å². The lowest BCUT2D eigenvalue weighted by Crippen LogP contribution is -2.27. The monoisotopic (exact) mass is 243 g/mol. The van der Waals surface area contributed by atoms with E-state index in [0.29, 0.717) is 12.3 Å². The molecule has 1 aliphatic heterocycles. The van der Waals surface area contributed by atoms with E-state index in [0.717, 1.165) is 18.8 Å². The first-order valence-corrected chi connectivity index (χ1v) is 6.51. The SMILES string of the molecule is c1ccc(Cc2nc([C@@H]3CCCCN3)no2)cc1. The van der Waals surface area contributed by atoms with Gasteiger partial charge in [0.2, 0.25) is 5.89 Å². The molecule has 2 heterocycles. The average Bonchev–Trinajstić information content (AvgIpc) is 2.89. The highest BCUT2D eigenvalue weighted by Gasteiger charge is 2.20. The van der Waals surface area contributed by atoms with E-state index in [2.05, 4.69) is 27.6 Å². The predicted octanol–water partition coefficient (Wildman–Crippen LogP) is 2.47. The Bertz CT molecular complexity index is 489. The van der Waals surface area contributed by atoms with E-state index in [4.69, 9.17) is 4.52 Å². The van der Waals surface area contributed by atoms with Gasteiger partial charge in [-0.05, 0) is 24.9 Å². The summed E-state index contributed by atoms with van der Waals surface area (Å²) in [6.45, 7) is 1.05. The predicted molar refractivity (Wildman–Crippen MR) is 68.1 cm³/mol. The van der Waals surface area contributed by atoms with Crippen LogP contribution in [0.4, 0.5) is 0 Å². The second kappa shape index (κ2) is 5.31. The molecule has 1 aromatic carbocycles. The normalized spacial score (nSPS) is 19.9. The summed E-state index contributed by atoms with van der Waals surface area (Å²) in [7, 11) is 0. The largest absolute Gasteiger partial charge is 0.339 e. The number of rotatable bonds is 3. The minimum absolute atomic E-state index is 0.270. The molecule has 18 heavy (non-hydrogen) atoms. The molecule has 0 radical (unpaired) electrons. The van der Waals surface area contributed by atoms with Crippen LogP contribution in [0.25, 0.3) is 0 Å². The van der Waals surface area contributed by atoms with Gasteiger partial charge in [-0.3, -0.25) is 0 Å². The third-order valence-corrected chi connectivity index (χ3v) is 3.30. The number of benzene rings is 1. The summed E-state index contributed by atoms with van der Waals surface area (Å²) in [5, 5.41) is 7.51. The highest BCUT2D eigenvalue weighted by Crippen LogP contribution is 2.20.